The van der Waals surface area contributed by atoms with Crippen molar-refractivity contribution in [2.24, 2.45) is 0 Å². The van der Waals surface area contributed by atoms with Gasteiger partial charge in [0.25, 0.3) is 0 Å². The molecule has 31 heavy (non-hydrogen) atoms. The van der Waals surface area contributed by atoms with E-state index in [1.165, 1.54) is 0 Å². The lowest BCUT2D eigenvalue weighted by molar-refractivity contribution is -0.134. The first kappa shape index (κ1) is 20.9. The van der Waals surface area contributed by atoms with E-state index in [0.29, 0.717) is 38.7 Å². The summed E-state index contributed by atoms with van der Waals surface area (Å²) in [5, 5.41) is 7.76. The predicted molar refractivity (Wildman–Crippen MR) is 114 cm³/mol. The van der Waals surface area contributed by atoms with E-state index in [1.807, 2.05) is 31.2 Å². The van der Waals surface area contributed by atoms with Crippen molar-refractivity contribution in [1.82, 2.24) is 20.0 Å². The van der Waals surface area contributed by atoms with Gasteiger partial charge in [-0.1, -0.05) is 0 Å². The molecule has 2 saturated heterocycles. The summed E-state index contributed by atoms with van der Waals surface area (Å²) in [5.41, 5.74) is 0.804. The zero-order valence-electron chi connectivity index (χ0n) is 17.6. The minimum Gasteiger partial charge on any atom is -0.494 e. The summed E-state index contributed by atoms with van der Waals surface area (Å²) in [5.74, 6) is 1.17. The highest BCUT2D eigenvalue weighted by atomic mass is 16.5. The molecule has 2 aromatic rings. The molecule has 9 nitrogen and oxygen atoms in total. The van der Waals surface area contributed by atoms with Gasteiger partial charge >= 0.3 is 6.03 Å². The zero-order valence-corrected chi connectivity index (χ0v) is 17.6. The van der Waals surface area contributed by atoms with Crippen LogP contribution in [0.1, 0.15) is 19.8 Å². The van der Waals surface area contributed by atoms with Crippen LogP contribution in [0.5, 0.6) is 11.6 Å². The van der Waals surface area contributed by atoms with Gasteiger partial charge in [-0.15, -0.1) is 5.10 Å². The third-order valence-electron chi connectivity index (χ3n) is 5.45. The van der Waals surface area contributed by atoms with E-state index in [2.05, 4.69) is 10.2 Å². The molecule has 1 aromatic carbocycles. The van der Waals surface area contributed by atoms with Crippen molar-refractivity contribution in [2.45, 2.75) is 25.9 Å². The number of ether oxygens (including phenoxy) is 2. The van der Waals surface area contributed by atoms with Gasteiger partial charge in [0, 0.05) is 37.6 Å². The van der Waals surface area contributed by atoms with Crippen LogP contribution in [0.4, 0.5) is 10.5 Å². The molecule has 0 radical (unpaired) electrons. The number of benzene rings is 1. The number of carbonyl (C=O) groups excluding carboxylic acids is 2. The number of urea groups is 1. The fraction of sp³-hybridized carbons (Fsp3) is 0.455. The monoisotopic (exact) mass is 425 g/mol. The van der Waals surface area contributed by atoms with Crippen molar-refractivity contribution in [3.05, 3.63) is 42.6 Å². The zero-order chi connectivity index (χ0) is 21.6. The maximum Gasteiger partial charge on any atom is 0.325 e. The quantitative estimate of drug-likeness (QED) is 0.676. The summed E-state index contributed by atoms with van der Waals surface area (Å²) >= 11 is 0. The summed E-state index contributed by atoms with van der Waals surface area (Å²) in [4.78, 5) is 30.8. The van der Waals surface area contributed by atoms with E-state index in [0.717, 1.165) is 24.3 Å². The standard InChI is InChI=1S/C22H27N5O4/c1-2-30-18-9-7-17(8-10-18)27-14-13-26(22(27)29)16-21(28)25-12-4-5-19(15-25)31-20-6-3-11-23-24-20/h3,6-11,19H,2,4-5,12-16H2,1H3. The largest absolute Gasteiger partial charge is 0.494 e. The Balaban J connectivity index is 1.31. The Kier molecular flexibility index (Phi) is 6.49. The van der Waals surface area contributed by atoms with Crippen LogP contribution < -0.4 is 14.4 Å². The Bertz CT molecular complexity index is 893. The van der Waals surface area contributed by atoms with Gasteiger partial charge in [0.15, 0.2) is 0 Å². The number of piperidine rings is 1. The number of hydrogen-bond acceptors (Lipinski definition) is 6. The maximum absolute atomic E-state index is 12.9. The van der Waals surface area contributed by atoms with E-state index < -0.39 is 0 Å². The second-order valence-corrected chi connectivity index (χ2v) is 7.57. The summed E-state index contributed by atoms with van der Waals surface area (Å²) in [6.45, 7) is 4.83. The molecule has 0 saturated carbocycles. The summed E-state index contributed by atoms with van der Waals surface area (Å²) in [7, 11) is 0. The fourth-order valence-corrected chi connectivity index (χ4v) is 3.90. The topological polar surface area (TPSA) is 88.1 Å². The second-order valence-electron chi connectivity index (χ2n) is 7.57. The molecule has 4 rings (SSSR count). The molecule has 1 atom stereocenters. The van der Waals surface area contributed by atoms with Crippen molar-refractivity contribution in [3.63, 3.8) is 0 Å². The molecule has 2 fully saturated rings. The van der Waals surface area contributed by atoms with Gasteiger partial charge < -0.3 is 19.3 Å². The molecule has 164 valence electrons. The normalized spacial score (nSPS) is 18.9. The molecule has 1 unspecified atom stereocenters. The van der Waals surface area contributed by atoms with Crippen molar-refractivity contribution < 1.29 is 19.1 Å². The fourth-order valence-electron chi connectivity index (χ4n) is 3.90. The Morgan fingerprint density at radius 1 is 1.16 bits per heavy atom. The SMILES string of the molecule is CCOc1ccc(N2CCN(CC(=O)N3CCCC(Oc4cccnn4)C3)C2=O)cc1. The first-order valence-electron chi connectivity index (χ1n) is 10.7. The maximum atomic E-state index is 12.9. The van der Waals surface area contributed by atoms with Crippen molar-refractivity contribution in [1.29, 1.82) is 0 Å². The van der Waals surface area contributed by atoms with Crippen LogP contribution in [-0.2, 0) is 4.79 Å². The van der Waals surface area contributed by atoms with Crippen LogP contribution in [0, 0.1) is 0 Å². The Labute approximate surface area is 181 Å². The predicted octanol–water partition coefficient (Wildman–Crippen LogP) is 2.19. The smallest absolute Gasteiger partial charge is 0.325 e. The second kappa shape index (κ2) is 9.63. The number of nitrogens with zero attached hydrogens (tertiary/aromatic N) is 5. The number of aromatic nitrogens is 2. The Morgan fingerprint density at radius 3 is 2.74 bits per heavy atom. The van der Waals surface area contributed by atoms with Crippen LogP contribution in [0.2, 0.25) is 0 Å². The van der Waals surface area contributed by atoms with Gasteiger partial charge in [0.05, 0.1) is 13.2 Å². The van der Waals surface area contributed by atoms with Crippen LogP contribution in [0.25, 0.3) is 0 Å². The summed E-state index contributed by atoms with van der Waals surface area (Å²) in [6.07, 6.45) is 3.18. The van der Waals surface area contributed by atoms with E-state index in [4.69, 9.17) is 9.47 Å². The highest BCUT2D eigenvalue weighted by molar-refractivity contribution is 5.96. The molecule has 2 aliphatic rings. The molecule has 0 bridgehead atoms. The average molecular weight is 425 g/mol. The first-order valence-corrected chi connectivity index (χ1v) is 10.7. The lowest BCUT2D eigenvalue weighted by Gasteiger charge is -2.33. The highest BCUT2D eigenvalue weighted by Crippen LogP contribution is 2.24. The third kappa shape index (κ3) is 5.04. The molecule has 0 aliphatic carbocycles. The molecule has 0 spiro atoms. The van der Waals surface area contributed by atoms with Crippen LogP contribution >= 0.6 is 0 Å². The number of rotatable bonds is 7. The summed E-state index contributed by atoms with van der Waals surface area (Å²) < 4.78 is 11.3. The Morgan fingerprint density at radius 2 is 2.00 bits per heavy atom. The van der Waals surface area contributed by atoms with E-state index in [9.17, 15) is 9.59 Å². The van der Waals surface area contributed by atoms with Crippen molar-refractivity contribution in [2.75, 3.05) is 44.2 Å². The van der Waals surface area contributed by atoms with Gasteiger partial charge in [-0.2, -0.15) is 5.10 Å². The van der Waals surface area contributed by atoms with E-state index in [1.54, 1.807) is 33.0 Å². The van der Waals surface area contributed by atoms with Crippen LogP contribution in [-0.4, -0.2) is 77.4 Å². The number of carbonyl (C=O) groups is 2. The number of hydrogen-bond donors (Lipinski definition) is 0. The van der Waals surface area contributed by atoms with Gasteiger partial charge in [-0.25, -0.2) is 4.79 Å². The lowest BCUT2D eigenvalue weighted by Crippen LogP contribution is -2.48. The summed E-state index contributed by atoms with van der Waals surface area (Å²) in [6, 6.07) is 10.8. The van der Waals surface area contributed by atoms with Crippen LogP contribution in [0.3, 0.4) is 0 Å². The minimum absolute atomic E-state index is 0.0608. The molecule has 0 N–H and O–H groups in total. The minimum atomic E-state index is -0.151. The molecule has 1 aromatic heterocycles. The van der Waals surface area contributed by atoms with E-state index >= 15 is 0 Å². The number of likely N-dealkylation sites (tertiary alicyclic amines) is 1. The first-order chi connectivity index (χ1) is 15.1. The van der Waals surface area contributed by atoms with Gasteiger partial charge in [-0.3, -0.25) is 9.69 Å². The average Bonchev–Trinajstić information content (AvgIpc) is 3.15. The molecular weight excluding hydrogens is 398 g/mol. The lowest BCUT2D eigenvalue weighted by atomic mass is 10.1. The van der Waals surface area contributed by atoms with Crippen molar-refractivity contribution in [3.8, 4) is 11.6 Å². The molecule has 3 heterocycles. The third-order valence-corrected chi connectivity index (χ3v) is 5.45. The number of anilines is 1. The Hall–Kier alpha value is -3.36. The highest BCUT2D eigenvalue weighted by Gasteiger charge is 2.33. The van der Waals surface area contributed by atoms with Crippen LogP contribution in [0.15, 0.2) is 42.6 Å². The van der Waals surface area contributed by atoms with Gasteiger partial charge in [0.2, 0.25) is 11.8 Å². The molecular formula is C22H27N5O4. The van der Waals surface area contributed by atoms with E-state index in [-0.39, 0.29) is 24.6 Å². The van der Waals surface area contributed by atoms with Crippen molar-refractivity contribution >= 4 is 17.6 Å². The molecule has 2 aliphatic heterocycles. The van der Waals surface area contributed by atoms with Gasteiger partial charge in [0.1, 0.15) is 18.4 Å². The molecule has 3 amide bonds. The van der Waals surface area contributed by atoms with Gasteiger partial charge in [-0.05, 0) is 50.1 Å². The molecule has 9 heteroatoms. The number of amides is 3.